The summed E-state index contributed by atoms with van der Waals surface area (Å²) in [5, 5.41) is 3.20. The Balaban J connectivity index is 1.79. The van der Waals surface area contributed by atoms with Crippen molar-refractivity contribution in [2.24, 2.45) is 0 Å². The van der Waals surface area contributed by atoms with Gasteiger partial charge in [-0.2, -0.15) is 15.0 Å². The van der Waals surface area contributed by atoms with Crippen molar-refractivity contribution in [1.29, 1.82) is 0 Å². The number of hydrogen-bond donors (Lipinski definition) is 2. The molecule has 0 radical (unpaired) electrons. The number of nitrogens with zero attached hydrogens (tertiary/aromatic N) is 4. The Labute approximate surface area is 155 Å². The second-order valence-electron chi connectivity index (χ2n) is 7.57. The molecule has 2 heterocycles. The summed E-state index contributed by atoms with van der Waals surface area (Å²) in [7, 11) is 0. The lowest BCUT2D eigenvalue weighted by atomic mass is 10.0. The van der Waals surface area contributed by atoms with Crippen LogP contribution in [0.25, 0.3) is 0 Å². The van der Waals surface area contributed by atoms with Gasteiger partial charge in [0, 0.05) is 12.2 Å². The van der Waals surface area contributed by atoms with Gasteiger partial charge < -0.3 is 20.7 Å². The number of aromatic nitrogens is 3. The highest BCUT2D eigenvalue weighted by atomic mass is 16.5. The van der Waals surface area contributed by atoms with Gasteiger partial charge in [0.2, 0.25) is 17.8 Å². The van der Waals surface area contributed by atoms with Crippen molar-refractivity contribution >= 4 is 23.5 Å². The molecule has 0 amide bonds. The molecule has 1 aliphatic heterocycles. The molecule has 1 saturated heterocycles. The molecule has 140 valence electrons. The van der Waals surface area contributed by atoms with Gasteiger partial charge in [0.05, 0.1) is 18.2 Å². The van der Waals surface area contributed by atoms with E-state index in [2.05, 4.69) is 45.9 Å². The van der Waals surface area contributed by atoms with E-state index in [1.54, 1.807) is 0 Å². The van der Waals surface area contributed by atoms with E-state index in [1.165, 1.54) is 6.42 Å². The summed E-state index contributed by atoms with van der Waals surface area (Å²) in [6.45, 7) is 7.76. The average Bonchev–Trinajstić information content (AvgIpc) is 2.60. The number of nitrogen functional groups attached to an aromatic ring is 1. The molecule has 7 heteroatoms. The molecule has 0 bridgehead atoms. The first kappa shape index (κ1) is 18.4. The molecule has 1 aromatic heterocycles. The van der Waals surface area contributed by atoms with Crippen molar-refractivity contribution in [3.05, 3.63) is 30.3 Å². The first-order valence-corrected chi connectivity index (χ1v) is 9.15. The molecular weight excluding hydrogens is 328 g/mol. The molecule has 2 aromatic rings. The number of ether oxygens (including phenoxy) is 1. The normalized spacial score (nSPS) is 18.0. The van der Waals surface area contributed by atoms with Gasteiger partial charge in [-0.25, -0.2) is 0 Å². The van der Waals surface area contributed by atoms with Crippen LogP contribution >= 0.6 is 0 Å². The third-order valence-corrected chi connectivity index (χ3v) is 4.26. The van der Waals surface area contributed by atoms with Crippen LogP contribution in [0.4, 0.5) is 23.5 Å². The van der Waals surface area contributed by atoms with E-state index in [1.807, 2.05) is 30.3 Å². The predicted molar refractivity (Wildman–Crippen MR) is 105 cm³/mol. The SMILES string of the molecule is CC(C)(C)OC[C@H]1CCCCN1c1nc(N)nc(Nc2ccccc2)n1. The quantitative estimate of drug-likeness (QED) is 0.849. The van der Waals surface area contributed by atoms with E-state index >= 15 is 0 Å². The number of nitrogens with two attached hydrogens (primary N) is 1. The van der Waals surface area contributed by atoms with Crippen LogP contribution in [0.3, 0.4) is 0 Å². The molecule has 7 nitrogen and oxygen atoms in total. The van der Waals surface area contributed by atoms with Crippen molar-refractivity contribution in [2.45, 2.75) is 51.7 Å². The maximum atomic E-state index is 6.02. The van der Waals surface area contributed by atoms with Crippen LogP contribution in [0.2, 0.25) is 0 Å². The lowest BCUT2D eigenvalue weighted by molar-refractivity contribution is -0.0134. The fourth-order valence-corrected chi connectivity index (χ4v) is 3.00. The second kappa shape index (κ2) is 7.86. The minimum atomic E-state index is -0.165. The molecule has 3 N–H and O–H groups in total. The van der Waals surface area contributed by atoms with Crippen LogP contribution in [0, 0.1) is 0 Å². The zero-order chi connectivity index (χ0) is 18.6. The van der Waals surface area contributed by atoms with E-state index in [4.69, 9.17) is 10.5 Å². The molecule has 0 spiro atoms. The van der Waals surface area contributed by atoms with Gasteiger partial charge in [0.25, 0.3) is 0 Å². The Morgan fingerprint density at radius 3 is 2.65 bits per heavy atom. The van der Waals surface area contributed by atoms with Gasteiger partial charge in [-0.15, -0.1) is 0 Å². The molecule has 1 aliphatic rings. The van der Waals surface area contributed by atoms with Gasteiger partial charge in [-0.1, -0.05) is 18.2 Å². The van der Waals surface area contributed by atoms with Crippen molar-refractivity contribution in [3.63, 3.8) is 0 Å². The minimum absolute atomic E-state index is 0.165. The third-order valence-electron chi connectivity index (χ3n) is 4.26. The number of anilines is 4. The monoisotopic (exact) mass is 356 g/mol. The van der Waals surface area contributed by atoms with E-state index in [0.717, 1.165) is 25.1 Å². The summed E-state index contributed by atoms with van der Waals surface area (Å²) in [5.74, 6) is 1.28. The summed E-state index contributed by atoms with van der Waals surface area (Å²) in [5.41, 5.74) is 6.70. The molecule has 26 heavy (non-hydrogen) atoms. The lowest BCUT2D eigenvalue weighted by Crippen LogP contribution is -2.45. The largest absolute Gasteiger partial charge is 0.374 e. The Morgan fingerprint density at radius 1 is 1.15 bits per heavy atom. The summed E-state index contributed by atoms with van der Waals surface area (Å²) in [6.07, 6.45) is 3.35. The van der Waals surface area contributed by atoms with Crippen LogP contribution in [0.15, 0.2) is 30.3 Å². The Hall–Kier alpha value is -2.41. The smallest absolute Gasteiger partial charge is 0.233 e. The molecule has 1 aromatic carbocycles. The lowest BCUT2D eigenvalue weighted by Gasteiger charge is -2.37. The zero-order valence-corrected chi connectivity index (χ0v) is 15.8. The topological polar surface area (TPSA) is 89.2 Å². The van der Waals surface area contributed by atoms with Gasteiger partial charge in [-0.3, -0.25) is 0 Å². The van der Waals surface area contributed by atoms with Crippen LogP contribution in [0.5, 0.6) is 0 Å². The molecular formula is C19H28N6O. The minimum Gasteiger partial charge on any atom is -0.374 e. The Morgan fingerprint density at radius 2 is 1.92 bits per heavy atom. The van der Waals surface area contributed by atoms with Crippen molar-refractivity contribution < 1.29 is 4.74 Å². The summed E-state index contributed by atoms with van der Waals surface area (Å²) in [4.78, 5) is 15.4. The highest BCUT2D eigenvalue weighted by Gasteiger charge is 2.27. The van der Waals surface area contributed by atoms with E-state index < -0.39 is 0 Å². The third kappa shape index (κ3) is 5.05. The Bertz CT molecular complexity index is 716. The average molecular weight is 356 g/mol. The van der Waals surface area contributed by atoms with Gasteiger partial charge >= 0.3 is 0 Å². The predicted octanol–water partition coefficient (Wildman–Crippen LogP) is 3.37. The van der Waals surface area contributed by atoms with Crippen LogP contribution in [0.1, 0.15) is 40.0 Å². The number of piperidine rings is 1. The van der Waals surface area contributed by atoms with Gasteiger partial charge in [0.1, 0.15) is 0 Å². The number of para-hydroxylation sites is 1. The van der Waals surface area contributed by atoms with E-state index in [-0.39, 0.29) is 17.6 Å². The summed E-state index contributed by atoms with van der Waals surface area (Å²) >= 11 is 0. The zero-order valence-electron chi connectivity index (χ0n) is 15.8. The number of nitrogens with one attached hydrogen (secondary N) is 1. The first-order valence-electron chi connectivity index (χ1n) is 9.15. The molecule has 1 fully saturated rings. The number of hydrogen-bond acceptors (Lipinski definition) is 7. The highest BCUT2D eigenvalue weighted by Crippen LogP contribution is 2.25. The van der Waals surface area contributed by atoms with Crippen molar-refractivity contribution in [3.8, 4) is 0 Å². The van der Waals surface area contributed by atoms with Crippen molar-refractivity contribution in [1.82, 2.24) is 15.0 Å². The maximum Gasteiger partial charge on any atom is 0.233 e. The molecule has 1 atom stereocenters. The summed E-state index contributed by atoms with van der Waals surface area (Å²) < 4.78 is 6.02. The molecule has 0 unspecified atom stereocenters. The highest BCUT2D eigenvalue weighted by molar-refractivity contribution is 5.55. The number of rotatable bonds is 5. The summed E-state index contributed by atoms with van der Waals surface area (Å²) in [6, 6.07) is 10.0. The van der Waals surface area contributed by atoms with Crippen molar-refractivity contribution in [2.75, 3.05) is 29.1 Å². The molecule has 0 saturated carbocycles. The Kier molecular flexibility index (Phi) is 5.56. The first-order chi connectivity index (χ1) is 12.4. The van der Waals surface area contributed by atoms with Gasteiger partial charge in [-0.05, 0) is 52.2 Å². The van der Waals surface area contributed by atoms with Crippen LogP contribution < -0.4 is 16.0 Å². The fraction of sp³-hybridized carbons (Fsp3) is 0.526. The van der Waals surface area contributed by atoms with Crippen LogP contribution in [-0.4, -0.2) is 39.7 Å². The second-order valence-corrected chi connectivity index (χ2v) is 7.57. The standard InChI is InChI=1S/C19H28N6O/c1-19(2,3)26-13-15-11-7-8-12-25(15)18-23-16(20)22-17(24-18)21-14-9-5-4-6-10-14/h4-6,9-10,15H,7-8,11-13H2,1-3H3,(H3,20,21,22,23,24)/t15-/m1/s1. The molecule has 3 rings (SSSR count). The molecule has 0 aliphatic carbocycles. The van der Waals surface area contributed by atoms with Crippen LogP contribution in [-0.2, 0) is 4.74 Å². The van der Waals surface area contributed by atoms with Gasteiger partial charge in [0.15, 0.2) is 0 Å². The fourth-order valence-electron chi connectivity index (χ4n) is 3.00. The van der Waals surface area contributed by atoms with E-state index in [0.29, 0.717) is 18.5 Å². The maximum absolute atomic E-state index is 6.02. The number of benzene rings is 1. The van der Waals surface area contributed by atoms with E-state index in [9.17, 15) is 0 Å².